The Morgan fingerprint density at radius 1 is 0.833 bits per heavy atom. The number of nitrogens with one attached hydrogen (secondary N) is 1. The summed E-state index contributed by atoms with van der Waals surface area (Å²) in [7, 11) is 1.93. The molecular weight excluding hydrogens is 378 g/mol. The number of rotatable bonds is 5. The molecule has 6 nitrogen and oxygen atoms in total. The average molecular weight is 399 g/mol. The van der Waals surface area contributed by atoms with Crippen molar-refractivity contribution in [3.05, 3.63) is 72.1 Å². The highest BCUT2D eigenvalue weighted by Crippen LogP contribution is 2.38. The van der Waals surface area contributed by atoms with Crippen molar-refractivity contribution >= 4 is 44.8 Å². The van der Waals surface area contributed by atoms with Crippen LogP contribution in [0.5, 0.6) is 0 Å². The number of imide groups is 1. The number of amides is 2. The normalized spacial score (nSPS) is 14.3. The third-order valence-corrected chi connectivity index (χ3v) is 5.71. The monoisotopic (exact) mass is 399 g/mol. The lowest BCUT2D eigenvalue weighted by atomic mass is 9.95. The molecule has 1 aliphatic rings. The van der Waals surface area contributed by atoms with E-state index >= 15 is 0 Å². The van der Waals surface area contributed by atoms with Crippen molar-refractivity contribution in [2.45, 2.75) is 13.0 Å². The van der Waals surface area contributed by atoms with Crippen molar-refractivity contribution < 1.29 is 14.7 Å². The van der Waals surface area contributed by atoms with Gasteiger partial charge in [-0.05, 0) is 18.6 Å². The summed E-state index contributed by atoms with van der Waals surface area (Å²) < 4.78 is 4.00. The first-order valence-corrected chi connectivity index (χ1v) is 9.93. The number of aryl methyl sites for hydroxylation is 2. The minimum atomic E-state index is -0.381. The molecule has 0 unspecified atom stereocenters. The molecule has 0 saturated carbocycles. The number of hydrogen-bond acceptors (Lipinski definition) is 3. The third-order valence-electron chi connectivity index (χ3n) is 5.71. The Morgan fingerprint density at radius 2 is 1.40 bits per heavy atom. The van der Waals surface area contributed by atoms with Gasteiger partial charge in [0.2, 0.25) is 0 Å². The number of benzene rings is 2. The summed E-state index contributed by atoms with van der Waals surface area (Å²) in [6.07, 6.45) is 4.43. The fourth-order valence-electron chi connectivity index (χ4n) is 4.38. The molecule has 2 amide bonds. The van der Waals surface area contributed by atoms with Crippen molar-refractivity contribution in [1.82, 2.24) is 14.5 Å². The topological polar surface area (TPSA) is 76.3 Å². The van der Waals surface area contributed by atoms with Crippen LogP contribution in [0.4, 0.5) is 0 Å². The summed E-state index contributed by atoms with van der Waals surface area (Å²) >= 11 is 0. The number of nitrogens with zero attached hydrogens (tertiary/aromatic N) is 2. The van der Waals surface area contributed by atoms with Crippen molar-refractivity contribution in [3.63, 3.8) is 0 Å². The summed E-state index contributed by atoms with van der Waals surface area (Å²) in [5.74, 6) is -0.758. The molecule has 4 aromatic rings. The van der Waals surface area contributed by atoms with Gasteiger partial charge in [-0.15, -0.1) is 0 Å². The molecule has 0 spiro atoms. The predicted octanol–water partition coefficient (Wildman–Crippen LogP) is 3.08. The van der Waals surface area contributed by atoms with E-state index in [1.165, 1.54) is 0 Å². The van der Waals surface area contributed by atoms with Crippen LogP contribution in [0, 0.1) is 0 Å². The number of carbonyl (C=O) groups excluding carboxylic acids is 2. The van der Waals surface area contributed by atoms with Crippen molar-refractivity contribution in [2.75, 3.05) is 6.61 Å². The zero-order chi connectivity index (χ0) is 20.8. The van der Waals surface area contributed by atoms with Gasteiger partial charge in [0.1, 0.15) is 0 Å². The van der Waals surface area contributed by atoms with Gasteiger partial charge in [0.05, 0.1) is 11.1 Å². The van der Waals surface area contributed by atoms with E-state index in [0.717, 1.165) is 32.9 Å². The molecule has 0 bridgehead atoms. The van der Waals surface area contributed by atoms with Gasteiger partial charge in [0.25, 0.3) is 11.8 Å². The van der Waals surface area contributed by atoms with Gasteiger partial charge in [-0.25, -0.2) is 0 Å². The smallest absolute Gasteiger partial charge is 0.259 e. The van der Waals surface area contributed by atoms with E-state index in [2.05, 4.69) is 5.32 Å². The summed E-state index contributed by atoms with van der Waals surface area (Å²) in [5, 5.41) is 13.6. The molecular formula is C24H21N3O3. The van der Waals surface area contributed by atoms with Gasteiger partial charge in [0, 0.05) is 65.5 Å². The molecule has 150 valence electrons. The zero-order valence-electron chi connectivity index (χ0n) is 16.6. The van der Waals surface area contributed by atoms with Gasteiger partial charge in [-0.1, -0.05) is 36.4 Å². The van der Waals surface area contributed by atoms with Crippen LogP contribution >= 0.6 is 0 Å². The molecule has 2 N–H and O–H groups in total. The van der Waals surface area contributed by atoms with Crippen molar-refractivity contribution in [3.8, 4) is 0 Å². The Labute approximate surface area is 173 Å². The Morgan fingerprint density at radius 3 is 2.07 bits per heavy atom. The molecule has 3 heterocycles. The molecule has 0 aliphatic carbocycles. The van der Waals surface area contributed by atoms with E-state index in [1.807, 2.05) is 77.1 Å². The Hall–Kier alpha value is -3.64. The molecule has 0 saturated heterocycles. The van der Waals surface area contributed by atoms with E-state index in [0.29, 0.717) is 24.1 Å². The molecule has 0 atom stereocenters. The van der Waals surface area contributed by atoms with Crippen LogP contribution < -0.4 is 5.32 Å². The fraction of sp³-hybridized carbons (Fsp3) is 0.167. The Kier molecular flexibility index (Phi) is 4.29. The second-order valence-corrected chi connectivity index (χ2v) is 7.53. The van der Waals surface area contributed by atoms with E-state index < -0.39 is 0 Å². The van der Waals surface area contributed by atoms with Crippen LogP contribution in [0.2, 0.25) is 0 Å². The molecule has 30 heavy (non-hydrogen) atoms. The third kappa shape index (κ3) is 2.69. The number of carbonyl (C=O) groups is 2. The number of aromatic nitrogens is 2. The number of fused-ring (bicyclic) bond motifs is 2. The molecule has 5 rings (SSSR count). The highest BCUT2D eigenvalue weighted by atomic mass is 16.3. The predicted molar refractivity (Wildman–Crippen MR) is 117 cm³/mol. The Bertz CT molecular complexity index is 1360. The van der Waals surface area contributed by atoms with Gasteiger partial charge in [-0.3, -0.25) is 14.9 Å². The lowest BCUT2D eigenvalue weighted by molar-refractivity contribution is -0.122. The highest BCUT2D eigenvalue weighted by molar-refractivity contribution is 6.50. The van der Waals surface area contributed by atoms with Gasteiger partial charge in [-0.2, -0.15) is 0 Å². The maximum Gasteiger partial charge on any atom is 0.259 e. The zero-order valence-corrected chi connectivity index (χ0v) is 16.6. The SMILES string of the molecule is Cn1cc(C2=C(c3cn(CCCO)c4ccccc34)C(=O)NC2=O)c2ccccc21. The standard InChI is InChI=1S/C24H21N3O3/c1-26-13-17(15-7-2-4-9-19(15)26)21-22(24(30)25-23(21)29)18-14-27(11-6-12-28)20-10-5-3-8-16(18)20/h2-5,7-10,13-14,28H,6,11-12H2,1H3,(H,25,29,30). The van der Waals surface area contributed by atoms with Crippen LogP contribution in [0.25, 0.3) is 33.0 Å². The quantitative estimate of drug-likeness (QED) is 0.507. The molecule has 0 radical (unpaired) electrons. The Balaban J connectivity index is 1.81. The first-order valence-electron chi connectivity index (χ1n) is 9.93. The summed E-state index contributed by atoms with van der Waals surface area (Å²) in [4.78, 5) is 25.8. The molecule has 2 aromatic carbocycles. The molecule has 2 aromatic heterocycles. The lowest BCUT2D eigenvalue weighted by Gasteiger charge is -2.03. The van der Waals surface area contributed by atoms with Crippen LogP contribution in [-0.4, -0.2) is 32.7 Å². The minimum Gasteiger partial charge on any atom is -0.396 e. The van der Waals surface area contributed by atoms with E-state index in [4.69, 9.17) is 0 Å². The number of aliphatic hydroxyl groups is 1. The maximum absolute atomic E-state index is 12.9. The van der Waals surface area contributed by atoms with Gasteiger partial charge >= 0.3 is 0 Å². The van der Waals surface area contributed by atoms with E-state index in [1.54, 1.807) is 0 Å². The summed E-state index contributed by atoms with van der Waals surface area (Å²) in [5.41, 5.74) is 4.25. The fourth-order valence-corrected chi connectivity index (χ4v) is 4.38. The van der Waals surface area contributed by atoms with Crippen LogP contribution in [0.1, 0.15) is 17.5 Å². The first-order chi connectivity index (χ1) is 14.6. The largest absolute Gasteiger partial charge is 0.396 e. The maximum atomic E-state index is 12.9. The second-order valence-electron chi connectivity index (χ2n) is 7.53. The van der Waals surface area contributed by atoms with Gasteiger partial charge in [0.15, 0.2) is 0 Å². The summed E-state index contributed by atoms with van der Waals surface area (Å²) in [6, 6.07) is 15.7. The number of hydrogen-bond donors (Lipinski definition) is 2. The van der Waals surface area contributed by atoms with E-state index in [-0.39, 0.29) is 18.4 Å². The van der Waals surface area contributed by atoms with Crippen molar-refractivity contribution in [1.29, 1.82) is 0 Å². The van der Waals surface area contributed by atoms with Crippen LogP contribution in [0.3, 0.4) is 0 Å². The van der Waals surface area contributed by atoms with Crippen molar-refractivity contribution in [2.24, 2.45) is 7.05 Å². The second kappa shape index (κ2) is 7.00. The molecule has 1 aliphatic heterocycles. The van der Waals surface area contributed by atoms with Gasteiger partial charge < -0.3 is 14.2 Å². The molecule has 6 heteroatoms. The number of para-hydroxylation sites is 2. The summed E-state index contributed by atoms with van der Waals surface area (Å²) in [6.45, 7) is 0.716. The highest BCUT2D eigenvalue weighted by Gasteiger charge is 2.35. The number of aliphatic hydroxyl groups excluding tert-OH is 1. The first kappa shape index (κ1) is 18.4. The average Bonchev–Trinajstić information content (AvgIpc) is 3.37. The van der Waals surface area contributed by atoms with Crippen LogP contribution in [-0.2, 0) is 23.2 Å². The lowest BCUT2D eigenvalue weighted by Crippen LogP contribution is -2.22. The minimum absolute atomic E-state index is 0.0881. The van der Waals surface area contributed by atoms with Crippen LogP contribution in [0.15, 0.2) is 60.9 Å². The molecule has 0 fully saturated rings. The van der Waals surface area contributed by atoms with E-state index in [9.17, 15) is 14.7 Å².